The van der Waals surface area contributed by atoms with Crippen LogP contribution in [0.15, 0.2) is 36.4 Å². The maximum Gasteiger partial charge on any atom is 0.253 e. The monoisotopic (exact) mass is 524 g/mol. The van der Waals surface area contributed by atoms with Crippen molar-refractivity contribution in [2.24, 2.45) is 5.92 Å². The third-order valence-corrected chi connectivity index (χ3v) is 6.97. The first-order chi connectivity index (χ1) is 14.9. The van der Waals surface area contributed by atoms with E-state index in [1.807, 2.05) is 0 Å². The minimum atomic E-state index is -2.78. The molecule has 2 fully saturated rings. The van der Waals surface area contributed by atoms with Crippen molar-refractivity contribution in [3.63, 3.8) is 0 Å². The fourth-order valence-corrected chi connectivity index (χ4v) is 5.11. The van der Waals surface area contributed by atoms with Crippen molar-refractivity contribution in [1.82, 2.24) is 5.32 Å². The van der Waals surface area contributed by atoms with Gasteiger partial charge in [0.25, 0.3) is 11.8 Å². The zero-order chi connectivity index (χ0) is 23.4. The molecular weight excluding hydrogens is 511 g/mol. The summed E-state index contributed by atoms with van der Waals surface area (Å²) in [6.07, 6.45) is -0.874. The summed E-state index contributed by atoms with van der Waals surface area (Å²) in [4.78, 5) is 25.2. The SMILES string of the molecule is O=C(NC1CC(F)(F)C1)c1cc(NC(=O)[C@@H]2[C@@H](c3cc(F)cc(Cl)c3)C2(Cl)Cl)ccc1Cl. The Hall–Kier alpha value is -1.67. The lowest BCUT2D eigenvalue weighted by molar-refractivity contribution is -0.117. The standard InChI is InChI=1S/C21H15Cl4F3N2O2/c22-10-3-9(4-11(26)5-10)16-17(21(16,24)25)19(32)29-12-1-2-15(23)14(6-12)18(31)30-13-7-20(27,28)8-13/h1-6,13,16-17H,7-8H2,(H,29,32)(H,30,31)/t16-,17+/m1/s1. The van der Waals surface area contributed by atoms with Gasteiger partial charge in [0.15, 0.2) is 0 Å². The molecule has 0 heterocycles. The van der Waals surface area contributed by atoms with Gasteiger partial charge in [0.2, 0.25) is 5.91 Å². The van der Waals surface area contributed by atoms with Crippen LogP contribution in [0.4, 0.5) is 18.9 Å². The van der Waals surface area contributed by atoms with Gasteiger partial charge in [0, 0.05) is 35.5 Å². The van der Waals surface area contributed by atoms with Gasteiger partial charge >= 0.3 is 0 Å². The lowest BCUT2D eigenvalue weighted by atomic mass is 9.88. The third kappa shape index (κ3) is 4.67. The van der Waals surface area contributed by atoms with E-state index < -0.39 is 58.6 Å². The third-order valence-electron chi connectivity index (χ3n) is 5.48. The van der Waals surface area contributed by atoms with Gasteiger partial charge in [-0.3, -0.25) is 9.59 Å². The molecule has 2 aromatic carbocycles. The van der Waals surface area contributed by atoms with Crippen molar-refractivity contribution in [2.45, 2.75) is 35.1 Å². The lowest BCUT2D eigenvalue weighted by Gasteiger charge is -2.35. The molecule has 0 aromatic heterocycles. The van der Waals surface area contributed by atoms with Crippen LogP contribution >= 0.6 is 46.4 Å². The summed E-state index contributed by atoms with van der Waals surface area (Å²) < 4.78 is 38.2. The summed E-state index contributed by atoms with van der Waals surface area (Å²) in [6.45, 7) is 0. The highest BCUT2D eigenvalue weighted by atomic mass is 35.5. The molecule has 170 valence electrons. The van der Waals surface area contributed by atoms with Gasteiger partial charge < -0.3 is 10.6 Å². The number of nitrogens with one attached hydrogen (secondary N) is 2. The van der Waals surface area contributed by atoms with Gasteiger partial charge in [-0.15, -0.1) is 23.2 Å². The molecule has 0 aliphatic heterocycles. The maximum atomic E-state index is 13.7. The van der Waals surface area contributed by atoms with E-state index >= 15 is 0 Å². The van der Waals surface area contributed by atoms with E-state index in [-0.39, 0.29) is 21.3 Å². The van der Waals surface area contributed by atoms with E-state index in [9.17, 15) is 22.8 Å². The van der Waals surface area contributed by atoms with Crippen molar-refractivity contribution < 1.29 is 22.8 Å². The molecule has 2 aromatic rings. The van der Waals surface area contributed by atoms with Gasteiger partial charge in [-0.2, -0.15) is 0 Å². The number of carbonyl (C=O) groups excluding carboxylic acids is 2. The smallest absolute Gasteiger partial charge is 0.253 e. The molecule has 2 aliphatic carbocycles. The molecule has 0 bridgehead atoms. The molecule has 2 N–H and O–H groups in total. The summed E-state index contributed by atoms with van der Waals surface area (Å²) in [5.41, 5.74) is 0.635. The zero-order valence-electron chi connectivity index (χ0n) is 16.1. The zero-order valence-corrected chi connectivity index (χ0v) is 19.1. The van der Waals surface area contributed by atoms with E-state index in [0.29, 0.717) is 5.56 Å². The number of amides is 2. The number of anilines is 1. The van der Waals surface area contributed by atoms with Crippen LogP contribution in [-0.2, 0) is 4.79 Å². The predicted octanol–water partition coefficient (Wildman–Crippen LogP) is 6.19. The minimum absolute atomic E-state index is 0.0203. The summed E-state index contributed by atoms with van der Waals surface area (Å²) in [7, 11) is 0. The van der Waals surface area contributed by atoms with Crippen molar-refractivity contribution >= 4 is 63.9 Å². The highest BCUT2D eigenvalue weighted by molar-refractivity contribution is 6.53. The van der Waals surface area contributed by atoms with Crippen LogP contribution in [0.25, 0.3) is 0 Å². The lowest BCUT2D eigenvalue weighted by Crippen LogP contribution is -2.50. The first-order valence-electron chi connectivity index (χ1n) is 9.50. The van der Waals surface area contributed by atoms with Crippen LogP contribution in [0.5, 0.6) is 0 Å². The van der Waals surface area contributed by atoms with Gasteiger partial charge in [-0.1, -0.05) is 23.2 Å². The first kappa shape index (κ1) is 23.5. The van der Waals surface area contributed by atoms with Gasteiger partial charge in [-0.05, 0) is 42.0 Å². The van der Waals surface area contributed by atoms with Gasteiger partial charge in [0.05, 0.1) is 16.5 Å². The van der Waals surface area contributed by atoms with E-state index in [4.69, 9.17) is 46.4 Å². The van der Waals surface area contributed by atoms with Gasteiger partial charge in [0.1, 0.15) is 10.2 Å². The van der Waals surface area contributed by atoms with Crippen LogP contribution in [0, 0.1) is 11.7 Å². The summed E-state index contributed by atoms with van der Waals surface area (Å²) >= 11 is 24.5. The molecule has 0 unspecified atom stereocenters. The highest BCUT2D eigenvalue weighted by Crippen LogP contribution is 2.65. The second-order valence-corrected chi connectivity index (χ2v) is 10.2. The molecule has 2 amide bonds. The number of benzene rings is 2. The fraction of sp³-hybridized carbons (Fsp3) is 0.333. The maximum absolute atomic E-state index is 13.7. The normalized spacial score (nSPS) is 23.2. The quantitative estimate of drug-likeness (QED) is 0.457. The topological polar surface area (TPSA) is 58.2 Å². The average molecular weight is 526 g/mol. The van der Waals surface area contributed by atoms with Crippen molar-refractivity contribution in [3.8, 4) is 0 Å². The Bertz CT molecular complexity index is 1080. The highest BCUT2D eigenvalue weighted by Gasteiger charge is 2.67. The Morgan fingerprint density at radius 2 is 1.72 bits per heavy atom. The molecule has 0 saturated heterocycles. The molecule has 2 atom stereocenters. The Kier molecular flexibility index (Phi) is 6.07. The summed E-state index contributed by atoms with van der Waals surface area (Å²) in [6, 6.07) is 7.35. The molecule has 4 nitrogen and oxygen atoms in total. The van der Waals surface area contributed by atoms with Crippen molar-refractivity contribution in [2.75, 3.05) is 5.32 Å². The molecular formula is C21H15Cl4F3N2O2. The molecule has 0 spiro atoms. The number of hydrogen-bond acceptors (Lipinski definition) is 2. The Balaban J connectivity index is 1.46. The second-order valence-electron chi connectivity index (χ2n) is 7.95. The summed E-state index contributed by atoms with van der Waals surface area (Å²) in [5.74, 6) is -6.12. The Morgan fingerprint density at radius 3 is 2.34 bits per heavy atom. The average Bonchev–Trinajstić information content (AvgIpc) is 3.23. The second kappa shape index (κ2) is 8.28. The Labute approximate surface area is 201 Å². The van der Waals surface area contributed by atoms with E-state index in [2.05, 4.69) is 10.6 Å². The molecule has 2 saturated carbocycles. The van der Waals surface area contributed by atoms with E-state index in [1.165, 1.54) is 30.3 Å². The predicted molar refractivity (Wildman–Crippen MR) is 118 cm³/mol. The molecule has 32 heavy (non-hydrogen) atoms. The van der Waals surface area contributed by atoms with Crippen LogP contribution < -0.4 is 10.6 Å². The number of halogens is 7. The molecule has 0 radical (unpaired) electrons. The number of rotatable bonds is 5. The number of carbonyl (C=O) groups is 2. The van der Waals surface area contributed by atoms with Crippen LogP contribution in [0.2, 0.25) is 10.0 Å². The van der Waals surface area contributed by atoms with Crippen LogP contribution in [0.3, 0.4) is 0 Å². The minimum Gasteiger partial charge on any atom is -0.349 e. The van der Waals surface area contributed by atoms with Crippen molar-refractivity contribution in [1.29, 1.82) is 0 Å². The number of alkyl halides is 4. The largest absolute Gasteiger partial charge is 0.349 e. The van der Waals surface area contributed by atoms with Crippen LogP contribution in [0.1, 0.15) is 34.7 Å². The van der Waals surface area contributed by atoms with E-state index in [0.717, 1.165) is 6.07 Å². The van der Waals surface area contributed by atoms with Gasteiger partial charge in [-0.25, -0.2) is 13.2 Å². The molecule has 2 aliphatic rings. The fourth-order valence-electron chi connectivity index (χ4n) is 3.85. The van der Waals surface area contributed by atoms with Crippen molar-refractivity contribution in [3.05, 3.63) is 63.4 Å². The Morgan fingerprint density at radius 1 is 1.03 bits per heavy atom. The molecule has 11 heteroatoms. The van der Waals surface area contributed by atoms with E-state index in [1.54, 1.807) is 0 Å². The number of hydrogen-bond donors (Lipinski definition) is 2. The summed E-state index contributed by atoms with van der Waals surface area (Å²) in [5, 5.41) is 5.34. The first-order valence-corrected chi connectivity index (χ1v) is 11.0. The molecule has 4 rings (SSSR count). The van der Waals surface area contributed by atoms with Crippen LogP contribution in [-0.4, -0.2) is 28.1 Å².